The summed E-state index contributed by atoms with van der Waals surface area (Å²) < 4.78 is 27.9. The SMILES string of the molecule is CC(C)OC(=O)[C@H](C)NP(=O)(Oc1cccc2ccccc12)N1CCC(NC(=O)c2n[nH]cc2NC(=O)c2c(Cl)cccc2Cl)CC1. The second-order valence-corrected chi connectivity index (χ2v) is 14.2. The van der Waals surface area contributed by atoms with Gasteiger partial charge in [-0.05, 0) is 57.2 Å². The number of aromatic amines is 1. The van der Waals surface area contributed by atoms with E-state index in [-0.39, 0.29) is 52.2 Å². The molecule has 1 aliphatic rings. The Morgan fingerprint density at radius 1 is 0.957 bits per heavy atom. The Labute approximate surface area is 282 Å². The van der Waals surface area contributed by atoms with Crippen molar-refractivity contribution in [3.63, 3.8) is 0 Å². The fourth-order valence-electron chi connectivity index (χ4n) is 5.19. The van der Waals surface area contributed by atoms with Crippen molar-refractivity contribution in [2.75, 3.05) is 18.4 Å². The van der Waals surface area contributed by atoms with Gasteiger partial charge in [-0.1, -0.05) is 65.7 Å². The first-order valence-electron chi connectivity index (χ1n) is 15.1. The Morgan fingerprint density at radius 3 is 2.32 bits per heavy atom. The number of benzene rings is 3. The van der Waals surface area contributed by atoms with Crippen molar-refractivity contribution in [2.45, 2.75) is 51.8 Å². The third kappa shape index (κ3) is 8.14. The van der Waals surface area contributed by atoms with Gasteiger partial charge >= 0.3 is 13.6 Å². The van der Waals surface area contributed by atoms with Crippen molar-refractivity contribution < 1.29 is 28.2 Å². The second-order valence-electron chi connectivity index (χ2n) is 11.3. The summed E-state index contributed by atoms with van der Waals surface area (Å²) in [6, 6.07) is 16.5. The lowest BCUT2D eigenvalue weighted by Gasteiger charge is -2.37. The molecule has 3 aromatic carbocycles. The topological polar surface area (TPSA) is 155 Å². The Morgan fingerprint density at radius 2 is 1.62 bits per heavy atom. The molecular formula is C32H35Cl2N6O6P. The quantitative estimate of drug-likeness (QED) is 0.102. The first kappa shape index (κ1) is 34.4. The van der Waals surface area contributed by atoms with E-state index in [9.17, 15) is 18.9 Å². The molecular weight excluding hydrogens is 666 g/mol. The van der Waals surface area contributed by atoms with Gasteiger partial charge in [0.1, 0.15) is 11.8 Å². The van der Waals surface area contributed by atoms with Crippen molar-refractivity contribution >= 4 is 65.1 Å². The Bertz CT molecular complexity index is 1800. The van der Waals surface area contributed by atoms with Crippen LogP contribution in [0.2, 0.25) is 10.0 Å². The van der Waals surface area contributed by atoms with E-state index in [1.165, 1.54) is 18.3 Å². The van der Waals surface area contributed by atoms with E-state index in [4.69, 9.17) is 32.5 Å². The van der Waals surface area contributed by atoms with Crippen molar-refractivity contribution in [2.24, 2.45) is 0 Å². The summed E-state index contributed by atoms with van der Waals surface area (Å²) in [6.07, 6.45) is 1.88. The normalized spacial score (nSPS) is 16.0. The van der Waals surface area contributed by atoms with E-state index in [1.807, 2.05) is 36.4 Å². The number of hydrogen-bond acceptors (Lipinski definition) is 7. The van der Waals surface area contributed by atoms with Gasteiger partial charge in [0.05, 0.1) is 27.4 Å². The van der Waals surface area contributed by atoms with Crippen molar-refractivity contribution in [1.82, 2.24) is 25.3 Å². The number of piperidine rings is 1. The number of nitrogens with zero attached hydrogens (tertiary/aromatic N) is 2. The van der Waals surface area contributed by atoms with Gasteiger partial charge in [-0.25, -0.2) is 14.3 Å². The van der Waals surface area contributed by atoms with Crippen LogP contribution in [0.15, 0.2) is 66.9 Å². The summed E-state index contributed by atoms with van der Waals surface area (Å²) >= 11 is 12.3. The number of fused-ring (bicyclic) bond motifs is 1. The zero-order valence-electron chi connectivity index (χ0n) is 26.0. The number of halogens is 2. The molecule has 4 aromatic rings. The molecule has 1 unspecified atom stereocenters. The van der Waals surface area contributed by atoms with E-state index >= 15 is 0 Å². The number of esters is 1. The number of nitrogens with one attached hydrogen (secondary N) is 4. The number of amides is 2. The minimum Gasteiger partial charge on any atom is -0.462 e. The zero-order chi connectivity index (χ0) is 33.7. The molecule has 0 bridgehead atoms. The number of ether oxygens (including phenoxy) is 1. The Kier molecular flexibility index (Phi) is 10.9. The third-order valence-corrected chi connectivity index (χ3v) is 10.4. The van der Waals surface area contributed by atoms with E-state index in [0.717, 1.165) is 10.8 Å². The van der Waals surface area contributed by atoms with Crippen LogP contribution in [0.5, 0.6) is 5.75 Å². The molecule has 0 saturated carbocycles. The molecule has 0 spiro atoms. The number of carbonyl (C=O) groups excluding carboxylic acids is 3. The van der Waals surface area contributed by atoms with Crippen LogP contribution in [-0.4, -0.2) is 63.9 Å². The lowest BCUT2D eigenvalue weighted by atomic mass is 10.1. The van der Waals surface area contributed by atoms with Gasteiger partial charge in [-0.15, -0.1) is 0 Å². The summed E-state index contributed by atoms with van der Waals surface area (Å²) in [5, 5.41) is 17.2. The van der Waals surface area contributed by atoms with E-state index in [2.05, 4.69) is 25.9 Å². The average Bonchev–Trinajstić information content (AvgIpc) is 3.49. The highest BCUT2D eigenvalue weighted by atomic mass is 35.5. The molecule has 1 aromatic heterocycles. The van der Waals surface area contributed by atoms with Gasteiger partial charge < -0.3 is 19.9 Å². The van der Waals surface area contributed by atoms with Gasteiger partial charge in [-0.3, -0.25) is 19.5 Å². The zero-order valence-corrected chi connectivity index (χ0v) is 28.4. The van der Waals surface area contributed by atoms with Crippen LogP contribution in [-0.2, 0) is 14.1 Å². The summed E-state index contributed by atoms with van der Waals surface area (Å²) in [6.45, 7) is 5.62. The molecule has 2 atom stereocenters. The molecule has 2 amide bonds. The summed E-state index contributed by atoms with van der Waals surface area (Å²) in [7, 11) is -3.86. The predicted octanol–water partition coefficient (Wildman–Crippen LogP) is 6.43. The van der Waals surface area contributed by atoms with Crippen LogP contribution < -0.4 is 20.2 Å². The maximum Gasteiger partial charge on any atom is 0.393 e. The maximum absolute atomic E-state index is 14.6. The first-order valence-corrected chi connectivity index (χ1v) is 17.4. The van der Waals surface area contributed by atoms with Crippen LogP contribution in [0.4, 0.5) is 5.69 Å². The fourth-order valence-corrected chi connectivity index (χ4v) is 7.87. The molecule has 12 nitrogen and oxygen atoms in total. The highest BCUT2D eigenvalue weighted by Crippen LogP contribution is 2.50. The highest BCUT2D eigenvalue weighted by molar-refractivity contribution is 7.54. The summed E-state index contributed by atoms with van der Waals surface area (Å²) in [5.74, 6) is -1.25. The lowest BCUT2D eigenvalue weighted by molar-refractivity contribution is -0.149. The molecule has 4 N–H and O–H groups in total. The minimum atomic E-state index is -3.86. The third-order valence-electron chi connectivity index (χ3n) is 7.51. The van der Waals surface area contributed by atoms with Gasteiger partial charge in [0.15, 0.2) is 5.69 Å². The van der Waals surface area contributed by atoms with Crippen molar-refractivity contribution in [3.05, 3.63) is 88.2 Å². The average molecular weight is 702 g/mol. The largest absolute Gasteiger partial charge is 0.462 e. The molecule has 47 heavy (non-hydrogen) atoms. The lowest BCUT2D eigenvalue weighted by Crippen LogP contribution is -2.47. The molecule has 0 aliphatic carbocycles. The van der Waals surface area contributed by atoms with Gasteiger partial charge in [0.25, 0.3) is 11.8 Å². The molecule has 15 heteroatoms. The fraction of sp³-hybridized carbons (Fsp3) is 0.312. The number of anilines is 1. The molecule has 2 heterocycles. The molecule has 248 valence electrons. The molecule has 5 rings (SSSR count). The number of carbonyl (C=O) groups is 3. The van der Waals surface area contributed by atoms with Crippen molar-refractivity contribution in [1.29, 1.82) is 0 Å². The van der Waals surface area contributed by atoms with Crippen molar-refractivity contribution in [3.8, 4) is 5.75 Å². The van der Waals surface area contributed by atoms with Crippen LogP contribution in [0, 0.1) is 0 Å². The van der Waals surface area contributed by atoms with E-state index < -0.39 is 31.5 Å². The Hall–Kier alpha value is -3.93. The van der Waals surface area contributed by atoms with E-state index in [0.29, 0.717) is 18.6 Å². The molecule has 1 saturated heterocycles. The molecule has 1 aliphatic heterocycles. The van der Waals surface area contributed by atoms with Crippen LogP contribution in [0.25, 0.3) is 10.8 Å². The summed E-state index contributed by atoms with van der Waals surface area (Å²) in [4.78, 5) is 38.8. The van der Waals surface area contributed by atoms with Crippen LogP contribution >= 0.6 is 30.9 Å². The standard InChI is InChI=1S/C32H35Cl2N6O6P/c1-19(2)45-32(43)20(3)39-47(44,46-27-13-6-9-21-8-4-5-10-23(21)27)40-16-14-22(15-17-40)36-31(42)29-26(18-35-38-29)37-30(41)28-24(33)11-7-12-25(28)34/h4-13,18-20,22H,14-17H2,1-3H3,(H,35,38)(H,36,42)(H,37,41)(H,39,44)/t20-,47?/m0/s1. The number of aromatic nitrogens is 2. The van der Waals surface area contributed by atoms with Gasteiger partial charge in [0.2, 0.25) is 0 Å². The number of hydrogen-bond donors (Lipinski definition) is 4. The molecule has 0 radical (unpaired) electrons. The molecule has 1 fully saturated rings. The monoisotopic (exact) mass is 700 g/mol. The maximum atomic E-state index is 14.6. The first-order chi connectivity index (χ1) is 22.4. The minimum absolute atomic E-state index is 0.0203. The highest BCUT2D eigenvalue weighted by Gasteiger charge is 2.40. The Balaban J connectivity index is 1.28. The second kappa shape index (κ2) is 14.9. The number of H-pyrrole nitrogens is 1. The van der Waals surface area contributed by atoms with Gasteiger partial charge in [0, 0.05) is 30.7 Å². The van der Waals surface area contributed by atoms with E-state index in [1.54, 1.807) is 37.6 Å². The van der Waals surface area contributed by atoms with Crippen LogP contribution in [0.3, 0.4) is 0 Å². The van der Waals surface area contributed by atoms with Gasteiger partial charge in [-0.2, -0.15) is 5.10 Å². The van der Waals surface area contributed by atoms with Crippen LogP contribution in [0.1, 0.15) is 54.5 Å². The summed E-state index contributed by atoms with van der Waals surface area (Å²) in [5.41, 5.74) is 0.208. The number of rotatable bonds is 11. The smallest absolute Gasteiger partial charge is 0.393 e. The predicted molar refractivity (Wildman–Crippen MR) is 181 cm³/mol.